The van der Waals surface area contributed by atoms with Crippen molar-refractivity contribution in [3.05, 3.63) is 0 Å². The predicted molar refractivity (Wildman–Crippen MR) is 22.2 cm³/mol. The molecule has 0 atom stereocenters. The number of rotatable bonds is 2. The van der Waals surface area contributed by atoms with Crippen LogP contribution in [0.1, 0.15) is 13.8 Å². The van der Waals surface area contributed by atoms with Gasteiger partial charge in [0.05, 0.1) is 0 Å². The first-order valence-electron chi connectivity index (χ1n) is 1.99. The molecule has 0 rings (SSSR count). The molecule has 0 aromatic carbocycles. The minimum absolute atomic E-state index is 0. The van der Waals surface area contributed by atoms with Crippen molar-refractivity contribution in [2.45, 2.75) is 13.8 Å². The topological polar surface area (TPSA) is 9.23 Å². The molecule has 0 unspecified atom stereocenters. The van der Waals surface area contributed by atoms with Crippen LogP contribution >= 0.6 is 0 Å². The second kappa shape index (κ2) is 15.8. The zero-order chi connectivity index (χ0) is 4.12. The van der Waals surface area contributed by atoms with E-state index in [1.807, 2.05) is 13.8 Å². The van der Waals surface area contributed by atoms with Crippen molar-refractivity contribution in [1.82, 2.24) is 0 Å². The Morgan fingerprint density at radius 1 is 1.14 bits per heavy atom. The molecular formula is C4H10ClLiO. The van der Waals surface area contributed by atoms with Gasteiger partial charge in [0.1, 0.15) is 0 Å². The van der Waals surface area contributed by atoms with Crippen molar-refractivity contribution in [2.24, 2.45) is 0 Å². The summed E-state index contributed by atoms with van der Waals surface area (Å²) in [6.45, 7) is 5.67. The second-order valence-electron chi connectivity index (χ2n) is 0.781. The van der Waals surface area contributed by atoms with E-state index in [4.69, 9.17) is 4.74 Å². The summed E-state index contributed by atoms with van der Waals surface area (Å²) in [6.07, 6.45) is 0. The molecule has 1 nitrogen and oxygen atoms in total. The van der Waals surface area contributed by atoms with E-state index < -0.39 is 0 Å². The van der Waals surface area contributed by atoms with Gasteiger partial charge in [-0.2, -0.15) is 0 Å². The van der Waals surface area contributed by atoms with Crippen LogP contribution < -0.4 is 31.3 Å². The summed E-state index contributed by atoms with van der Waals surface area (Å²) in [6, 6.07) is 0. The molecule has 0 heterocycles. The van der Waals surface area contributed by atoms with Gasteiger partial charge in [0.2, 0.25) is 0 Å². The van der Waals surface area contributed by atoms with Gasteiger partial charge in [0.25, 0.3) is 0 Å². The van der Waals surface area contributed by atoms with Crippen LogP contribution in [0.15, 0.2) is 0 Å². The Balaban J connectivity index is -0.0000000800. The first-order chi connectivity index (χ1) is 2.41. The predicted octanol–water partition coefficient (Wildman–Crippen LogP) is -4.95. The second-order valence-corrected chi connectivity index (χ2v) is 0.781. The van der Waals surface area contributed by atoms with Crippen molar-refractivity contribution < 1.29 is 36.0 Å². The van der Waals surface area contributed by atoms with Gasteiger partial charge in [0.15, 0.2) is 0 Å². The SMILES string of the molecule is CCOCC.[Cl-].[Li+]. The largest absolute Gasteiger partial charge is 1.00 e. The minimum atomic E-state index is 0. The maximum absolute atomic E-state index is 4.83. The zero-order valence-corrected chi connectivity index (χ0v) is 5.96. The van der Waals surface area contributed by atoms with Crippen molar-refractivity contribution in [1.29, 1.82) is 0 Å². The van der Waals surface area contributed by atoms with Crippen molar-refractivity contribution in [3.63, 3.8) is 0 Å². The van der Waals surface area contributed by atoms with Gasteiger partial charge in [-0.1, -0.05) is 0 Å². The molecule has 0 fully saturated rings. The van der Waals surface area contributed by atoms with Crippen molar-refractivity contribution in [2.75, 3.05) is 13.2 Å². The first-order valence-corrected chi connectivity index (χ1v) is 1.99. The average molecular weight is 117 g/mol. The summed E-state index contributed by atoms with van der Waals surface area (Å²) in [7, 11) is 0. The maximum Gasteiger partial charge on any atom is 1.00 e. The van der Waals surface area contributed by atoms with E-state index >= 15 is 0 Å². The van der Waals surface area contributed by atoms with Crippen LogP contribution in [0.5, 0.6) is 0 Å². The molecule has 0 saturated carbocycles. The Labute approximate surface area is 63.4 Å². The molecular weight excluding hydrogens is 106 g/mol. The van der Waals surface area contributed by atoms with Gasteiger partial charge in [-0.15, -0.1) is 0 Å². The van der Waals surface area contributed by atoms with Gasteiger partial charge < -0.3 is 17.1 Å². The van der Waals surface area contributed by atoms with Crippen LogP contribution in [0.4, 0.5) is 0 Å². The molecule has 0 saturated heterocycles. The van der Waals surface area contributed by atoms with Gasteiger partial charge in [-0.3, -0.25) is 0 Å². The molecule has 3 heteroatoms. The summed E-state index contributed by atoms with van der Waals surface area (Å²) in [5.41, 5.74) is 0. The molecule has 0 aliphatic rings. The summed E-state index contributed by atoms with van der Waals surface area (Å²) >= 11 is 0. The molecule has 0 radical (unpaired) electrons. The molecule has 0 aliphatic carbocycles. The Morgan fingerprint density at radius 2 is 1.43 bits per heavy atom. The molecule has 0 amide bonds. The molecule has 7 heavy (non-hydrogen) atoms. The van der Waals surface area contributed by atoms with Crippen LogP contribution in [-0.2, 0) is 4.74 Å². The number of hydrogen-bond acceptors (Lipinski definition) is 1. The van der Waals surface area contributed by atoms with Crippen LogP contribution in [0.25, 0.3) is 0 Å². The quantitative estimate of drug-likeness (QED) is 0.329. The van der Waals surface area contributed by atoms with E-state index in [9.17, 15) is 0 Å². The van der Waals surface area contributed by atoms with Crippen LogP contribution in [0.3, 0.4) is 0 Å². The third-order valence-electron chi connectivity index (χ3n) is 0.408. The zero-order valence-electron chi connectivity index (χ0n) is 5.20. The van der Waals surface area contributed by atoms with E-state index in [-0.39, 0.29) is 31.3 Å². The number of halogens is 1. The molecule has 0 bridgehead atoms. The average Bonchev–Trinajstić information content (AvgIpc) is 1.41. The van der Waals surface area contributed by atoms with Crippen LogP contribution in [-0.4, -0.2) is 13.2 Å². The molecule has 0 aliphatic heterocycles. The van der Waals surface area contributed by atoms with Crippen LogP contribution in [0, 0.1) is 0 Å². The fraction of sp³-hybridized carbons (Fsp3) is 1.00. The van der Waals surface area contributed by atoms with E-state index in [0.29, 0.717) is 0 Å². The number of ether oxygens (including phenoxy) is 1. The summed E-state index contributed by atoms with van der Waals surface area (Å²) in [4.78, 5) is 0. The Kier molecular flexibility index (Phi) is 35.4. The molecule has 0 N–H and O–H groups in total. The normalized spacial score (nSPS) is 6.00. The summed E-state index contributed by atoms with van der Waals surface area (Å²) < 4.78 is 4.83. The molecule has 0 spiro atoms. The fourth-order valence-corrected chi connectivity index (χ4v) is 0.204. The van der Waals surface area contributed by atoms with Crippen molar-refractivity contribution in [3.8, 4) is 0 Å². The van der Waals surface area contributed by atoms with Gasteiger partial charge >= 0.3 is 18.9 Å². The minimum Gasteiger partial charge on any atom is -1.00 e. The van der Waals surface area contributed by atoms with E-state index in [0.717, 1.165) is 13.2 Å². The molecule has 0 aromatic rings. The third-order valence-corrected chi connectivity index (χ3v) is 0.408. The first kappa shape index (κ1) is 15.7. The van der Waals surface area contributed by atoms with Gasteiger partial charge in [0, 0.05) is 13.2 Å². The van der Waals surface area contributed by atoms with Crippen molar-refractivity contribution >= 4 is 0 Å². The molecule has 0 aromatic heterocycles. The Morgan fingerprint density at radius 3 is 1.43 bits per heavy atom. The standard InChI is InChI=1S/C4H10O.ClH.Li/c1-3-5-4-2;;/h3-4H2,1-2H3;1H;/q;;+1/p-1. The summed E-state index contributed by atoms with van der Waals surface area (Å²) in [5.74, 6) is 0. The van der Waals surface area contributed by atoms with E-state index in [1.165, 1.54) is 0 Å². The number of hydrogen-bond donors (Lipinski definition) is 0. The van der Waals surface area contributed by atoms with Crippen LogP contribution in [0.2, 0.25) is 0 Å². The summed E-state index contributed by atoms with van der Waals surface area (Å²) in [5, 5.41) is 0. The van der Waals surface area contributed by atoms with Gasteiger partial charge in [-0.25, -0.2) is 0 Å². The third kappa shape index (κ3) is 19.8. The molecule has 40 valence electrons. The Hall–Kier alpha value is 0.847. The monoisotopic (exact) mass is 116 g/mol. The fourth-order valence-electron chi connectivity index (χ4n) is 0.204. The smallest absolute Gasteiger partial charge is 1.00 e. The van der Waals surface area contributed by atoms with E-state index in [1.54, 1.807) is 0 Å². The Bertz CT molecular complexity index is 19.2. The van der Waals surface area contributed by atoms with Gasteiger partial charge in [-0.05, 0) is 13.8 Å². The maximum atomic E-state index is 4.83. The van der Waals surface area contributed by atoms with E-state index in [2.05, 4.69) is 0 Å².